The first-order valence-electron chi connectivity index (χ1n) is 8.46. The van der Waals surface area contributed by atoms with E-state index < -0.39 is 17.7 Å². The molecule has 1 heterocycles. The molecule has 0 unspecified atom stereocenters. The van der Waals surface area contributed by atoms with Gasteiger partial charge in [0.25, 0.3) is 5.79 Å². The first kappa shape index (κ1) is 18.0. The lowest BCUT2D eigenvalue weighted by Gasteiger charge is -2.29. The first-order chi connectivity index (χ1) is 12.3. The maximum Gasteiger partial charge on any atom is 0.348 e. The molecule has 0 aromatic heterocycles. The summed E-state index contributed by atoms with van der Waals surface area (Å²) in [6.07, 6.45) is 3.04. The fraction of sp³-hybridized carbons (Fsp3) is 0.421. The molecule has 138 valence electrons. The Kier molecular flexibility index (Phi) is 4.71. The highest BCUT2D eigenvalue weighted by atomic mass is 16.7. The van der Waals surface area contributed by atoms with Crippen molar-refractivity contribution in [3.05, 3.63) is 29.3 Å². The SMILES string of the molecule is CCOc1cc(C=C2C(=O)OC(C)(C)OC2=O)ccc1OC(=O)C1CC1. The molecule has 7 heteroatoms. The zero-order valence-corrected chi connectivity index (χ0v) is 14.9. The number of rotatable bonds is 5. The van der Waals surface area contributed by atoms with E-state index in [0.717, 1.165) is 12.8 Å². The third kappa shape index (κ3) is 4.04. The summed E-state index contributed by atoms with van der Waals surface area (Å²) in [5.41, 5.74) is 0.303. The number of esters is 3. The number of carbonyl (C=O) groups excluding carboxylic acids is 3. The zero-order chi connectivity index (χ0) is 18.9. The quantitative estimate of drug-likeness (QED) is 0.345. The van der Waals surface area contributed by atoms with Gasteiger partial charge in [-0.25, -0.2) is 9.59 Å². The summed E-state index contributed by atoms with van der Waals surface area (Å²) in [6.45, 7) is 5.13. The molecule has 0 bridgehead atoms. The van der Waals surface area contributed by atoms with Gasteiger partial charge >= 0.3 is 17.9 Å². The average Bonchev–Trinajstić information content (AvgIpc) is 3.37. The second-order valence-electron chi connectivity index (χ2n) is 6.57. The van der Waals surface area contributed by atoms with Crippen molar-refractivity contribution in [2.45, 2.75) is 39.4 Å². The molecular formula is C19H20O7. The Labute approximate surface area is 150 Å². The Morgan fingerprint density at radius 3 is 2.42 bits per heavy atom. The van der Waals surface area contributed by atoms with E-state index in [1.54, 1.807) is 25.1 Å². The molecule has 0 atom stereocenters. The van der Waals surface area contributed by atoms with Crippen LogP contribution in [0.25, 0.3) is 6.08 Å². The highest BCUT2D eigenvalue weighted by Crippen LogP contribution is 2.35. The third-order valence-electron chi connectivity index (χ3n) is 3.82. The van der Waals surface area contributed by atoms with Gasteiger partial charge in [0.1, 0.15) is 5.57 Å². The smallest absolute Gasteiger partial charge is 0.348 e. The summed E-state index contributed by atoms with van der Waals surface area (Å²) in [7, 11) is 0. The second kappa shape index (κ2) is 6.82. The highest BCUT2D eigenvalue weighted by Gasteiger charge is 2.39. The molecule has 1 aliphatic carbocycles. The van der Waals surface area contributed by atoms with E-state index in [-0.39, 0.29) is 17.5 Å². The van der Waals surface area contributed by atoms with Crippen LogP contribution in [0.15, 0.2) is 23.8 Å². The van der Waals surface area contributed by atoms with E-state index in [1.165, 1.54) is 19.9 Å². The van der Waals surface area contributed by atoms with Crippen molar-refractivity contribution in [3.63, 3.8) is 0 Å². The van der Waals surface area contributed by atoms with Crippen LogP contribution in [0.3, 0.4) is 0 Å². The van der Waals surface area contributed by atoms with Gasteiger partial charge in [-0.05, 0) is 43.5 Å². The minimum atomic E-state index is -1.29. The Hall–Kier alpha value is -2.83. The van der Waals surface area contributed by atoms with Crippen LogP contribution in [0, 0.1) is 5.92 Å². The zero-order valence-electron chi connectivity index (χ0n) is 14.9. The Balaban J connectivity index is 1.85. The number of hydrogen-bond acceptors (Lipinski definition) is 7. The molecular weight excluding hydrogens is 340 g/mol. The maximum atomic E-state index is 12.0. The van der Waals surface area contributed by atoms with Gasteiger partial charge < -0.3 is 18.9 Å². The largest absolute Gasteiger partial charge is 0.490 e. The molecule has 1 aliphatic heterocycles. The molecule has 7 nitrogen and oxygen atoms in total. The predicted molar refractivity (Wildman–Crippen MR) is 90.2 cm³/mol. The minimum absolute atomic E-state index is 0.0404. The van der Waals surface area contributed by atoms with Crippen molar-refractivity contribution in [1.82, 2.24) is 0 Å². The van der Waals surface area contributed by atoms with Gasteiger partial charge in [0.2, 0.25) is 0 Å². The predicted octanol–water partition coefficient (Wildman–Crippen LogP) is 2.62. The van der Waals surface area contributed by atoms with Gasteiger partial charge in [-0.2, -0.15) is 0 Å². The van der Waals surface area contributed by atoms with Crippen molar-refractivity contribution in [2.24, 2.45) is 5.92 Å². The van der Waals surface area contributed by atoms with Crippen LogP contribution in [0.4, 0.5) is 0 Å². The van der Waals surface area contributed by atoms with Gasteiger partial charge in [-0.3, -0.25) is 4.79 Å². The van der Waals surface area contributed by atoms with Gasteiger partial charge in [0, 0.05) is 13.8 Å². The number of ether oxygens (including phenoxy) is 4. The molecule has 0 amide bonds. The van der Waals surface area contributed by atoms with Crippen LogP contribution in [0.1, 0.15) is 39.2 Å². The summed E-state index contributed by atoms with van der Waals surface area (Å²) >= 11 is 0. The van der Waals surface area contributed by atoms with Crippen LogP contribution >= 0.6 is 0 Å². The summed E-state index contributed by atoms with van der Waals surface area (Å²) in [5, 5.41) is 0. The van der Waals surface area contributed by atoms with E-state index in [4.69, 9.17) is 18.9 Å². The molecule has 0 spiro atoms. The second-order valence-corrected chi connectivity index (χ2v) is 6.57. The lowest BCUT2D eigenvalue weighted by atomic mass is 10.1. The van der Waals surface area contributed by atoms with Crippen molar-refractivity contribution < 1.29 is 33.3 Å². The molecule has 0 N–H and O–H groups in total. The molecule has 1 saturated carbocycles. The summed E-state index contributed by atoms with van der Waals surface area (Å²) in [6, 6.07) is 4.78. The number of carbonyl (C=O) groups is 3. The van der Waals surface area contributed by atoms with Crippen LogP contribution in [-0.2, 0) is 23.9 Å². The van der Waals surface area contributed by atoms with E-state index in [2.05, 4.69) is 0 Å². The van der Waals surface area contributed by atoms with E-state index in [9.17, 15) is 14.4 Å². The summed E-state index contributed by atoms with van der Waals surface area (Å²) in [4.78, 5) is 35.9. The molecule has 2 aliphatic rings. The lowest BCUT2D eigenvalue weighted by molar-refractivity contribution is -0.222. The monoisotopic (exact) mass is 360 g/mol. The molecule has 0 radical (unpaired) electrons. The third-order valence-corrected chi connectivity index (χ3v) is 3.82. The maximum absolute atomic E-state index is 12.0. The fourth-order valence-electron chi connectivity index (χ4n) is 2.42. The van der Waals surface area contributed by atoms with Gasteiger partial charge in [0.15, 0.2) is 11.5 Å². The van der Waals surface area contributed by atoms with E-state index in [1.807, 2.05) is 0 Å². The lowest BCUT2D eigenvalue weighted by Crippen LogP contribution is -2.41. The summed E-state index contributed by atoms with van der Waals surface area (Å²) < 4.78 is 21.0. The minimum Gasteiger partial charge on any atom is -0.490 e. The normalized spacial score (nSPS) is 18.7. The highest BCUT2D eigenvalue weighted by molar-refractivity contribution is 6.18. The van der Waals surface area contributed by atoms with Crippen LogP contribution < -0.4 is 9.47 Å². The molecule has 1 saturated heterocycles. The van der Waals surface area contributed by atoms with Crippen molar-refractivity contribution >= 4 is 24.0 Å². The van der Waals surface area contributed by atoms with Crippen LogP contribution in [0.2, 0.25) is 0 Å². The number of cyclic esters (lactones) is 2. The van der Waals surface area contributed by atoms with Gasteiger partial charge in [0.05, 0.1) is 12.5 Å². The van der Waals surface area contributed by atoms with E-state index >= 15 is 0 Å². The fourth-order valence-corrected chi connectivity index (χ4v) is 2.42. The number of benzene rings is 1. The van der Waals surface area contributed by atoms with Crippen molar-refractivity contribution in [3.8, 4) is 11.5 Å². The first-order valence-corrected chi connectivity index (χ1v) is 8.46. The standard InChI is InChI=1S/C19H20O7/c1-4-23-15-10-11(5-8-14(15)24-16(20)12-6-7-12)9-13-17(21)25-19(2,3)26-18(13)22/h5,8-10,12H,4,6-7H2,1-3H3. The molecule has 1 aromatic rings. The van der Waals surface area contributed by atoms with Gasteiger partial charge in [-0.1, -0.05) is 6.07 Å². The van der Waals surface area contributed by atoms with E-state index in [0.29, 0.717) is 23.7 Å². The Morgan fingerprint density at radius 1 is 1.19 bits per heavy atom. The van der Waals surface area contributed by atoms with Crippen molar-refractivity contribution in [1.29, 1.82) is 0 Å². The Morgan fingerprint density at radius 2 is 1.85 bits per heavy atom. The number of hydrogen-bond donors (Lipinski definition) is 0. The van der Waals surface area contributed by atoms with Crippen LogP contribution in [-0.4, -0.2) is 30.3 Å². The summed E-state index contributed by atoms with van der Waals surface area (Å²) in [5.74, 6) is -2.46. The Bertz CT molecular complexity index is 765. The topological polar surface area (TPSA) is 88.1 Å². The molecule has 2 fully saturated rings. The molecule has 3 rings (SSSR count). The van der Waals surface area contributed by atoms with Crippen LogP contribution in [0.5, 0.6) is 11.5 Å². The molecule has 26 heavy (non-hydrogen) atoms. The average molecular weight is 360 g/mol. The molecule has 1 aromatic carbocycles. The van der Waals surface area contributed by atoms with Crippen molar-refractivity contribution in [2.75, 3.05) is 6.61 Å². The van der Waals surface area contributed by atoms with Gasteiger partial charge in [-0.15, -0.1) is 0 Å².